The van der Waals surface area contributed by atoms with Gasteiger partial charge in [0.15, 0.2) is 12.3 Å². The molecule has 1 aromatic carbocycles. The number of nitrogens with one attached hydrogen (secondary N) is 1. The lowest BCUT2D eigenvalue weighted by Gasteiger charge is -2.08. The molecular formula is C14H13N3O4. The topological polar surface area (TPSA) is 115 Å². The van der Waals surface area contributed by atoms with Gasteiger partial charge in [0.05, 0.1) is 5.69 Å². The molecule has 0 fully saturated rings. The summed E-state index contributed by atoms with van der Waals surface area (Å²) < 4.78 is 4.99. The van der Waals surface area contributed by atoms with Gasteiger partial charge < -0.3 is 20.9 Å². The molecule has 0 aliphatic rings. The maximum atomic E-state index is 12.0. The lowest BCUT2D eigenvalue weighted by atomic mass is 10.2. The molecule has 0 saturated heterocycles. The zero-order chi connectivity index (χ0) is 15.2. The van der Waals surface area contributed by atoms with Gasteiger partial charge in [-0.05, 0) is 36.4 Å². The standard InChI is InChI=1S/C14H13N3O4/c15-11-2-1-7-16-13(11)14(20)17-9-3-5-10(6-4-9)21-8-12(18)19/h1-7H,8,15H2,(H,17,20)(H,18,19). The molecule has 1 aromatic heterocycles. The van der Waals surface area contributed by atoms with Crippen molar-refractivity contribution in [3.05, 3.63) is 48.3 Å². The van der Waals surface area contributed by atoms with Crippen molar-refractivity contribution in [3.63, 3.8) is 0 Å². The monoisotopic (exact) mass is 287 g/mol. The Labute approximate surface area is 120 Å². The van der Waals surface area contributed by atoms with Crippen molar-refractivity contribution in [2.24, 2.45) is 0 Å². The van der Waals surface area contributed by atoms with Crippen LogP contribution in [0, 0.1) is 0 Å². The van der Waals surface area contributed by atoms with Gasteiger partial charge in [0.2, 0.25) is 0 Å². The first-order valence-corrected chi connectivity index (χ1v) is 6.03. The minimum Gasteiger partial charge on any atom is -0.482 e. The molecule has 7 nitrogen and oxygen atoms in total. The van der Waals surface area contributed by atoms with Crippen molar-refractivity contribution >= 4 is 23.3 Å². The number of anilines is 2. The van der Waals surface area contributed by atoms with Crippen molar-refractivity contribution in [2.45, 2.75) is 0 Å². The molecule has 7 heteroatoms. The van der Waals surface area contributed by atoms with Crippen molar-refractivity contribution < 1.29 is 19.4 Å². The number of ether oxygens (including phenoxy) is 1. The molecule has 0 bridgehead atoms. The maximum Gasteiger partial charge on any atom is 0.341 e. The van der Waals surface area contributed by atoms with Crippen molar-refractivity contribution in [1.82, 2.24) is 4.98 Å². The van der Waals surface area contributed by atoms with E-state index in [1.165, 1.54) is 6.20 Å². The van der Waals surface area contributed by atoms with E-state index in [-0.39, 0.29) is 11.4 Å². The average Bonchev–Trinajstić information content (AvgIpc) is 2.47. The van der Waals surface area contributed by atoms with E-state index in [1.54, 1.807) is 36.4 Å². The van der Waals surface area contributed by atoms with Crippen molar-refractivity contribution in [2.75, 3.05) is 17.7 Å². The summed E-state index contributed by atoms with van der Waals surface area (Å²) in [4.78, 5) is 26.3. The number of benzene rings is 1. The third-order valence-electron chi connectivity index (χ3n) is 2.53. The number of nitrogens with two attached hydrogens (primary N) is 1. The highest BCUT2D eigenvalue weighted by molar-refractivity contribution is 6.06. The Hall–Kier alpha value is -3.09. The Morgan fingerprint density at radius 3 is 2.57 bits per heavy atom. The van der Waals surface area contributed by atoms with E-state index in [0.29, 0.717) is 11.4 Å². The lowest BCUT2D eigenvalue weighted by Crippen LogP contribution is -2.15. The number of amides is 1. The van der Waals surface area contributed by atoms with Crippen molar-refractivity contribution in [1.29, 1.82) is 0 Å². The minimum atomic E-state index is -1.06. The van der Waals surface area contributed by atoms with E-state index in [0.717, 1.165) is 0 Å². The van der Waals surface area contributed by atoms with Gasteiger partial charge in [-0.15, -0.1) is 0 Å². The number of rotatable bonds is 5. The second-order valence-corrected chi connectivity index (χ2v) is 4.10. The molecule has 1 heterocycles. The minimum absolute atomic E-state index is 0.142. The normalized spacial score (nSPS) is 9.90. The quantitative estimate of drug-likeness (QED) is 0.765. The van der Waals surface area contributed by atoms with E-state index in [9.17, 15) is 9.59 Å². The number of carbonyl (C=O) groups excluding carboxylic acids is 1. The zero-order valence-electron chi connectivity index (χ0n) is 10.9. The van der Waals surface area contributed by atoms with E-state index < -0.39 is 18.5 Å². The fourth-order valence-corrected chi connectivity index (χ4v) is 1.58. The molecule has 0 unspecified atom stereocenters. The number of carboxylic acid groups (broad SMARTS) is 1. The first kappa shape index (κ1) is 14.3. The van der Waals surface area contributed by atoms with Gasteiger partial charge in [0.25, 0.3) is 5.91 Å². The summed E-state index contributed by atoms with van der Waals surface area (Å²) in [7, 11) is 0. The number of hydrogen-bond donors (Lipinski definition) is 3. The van der Waals surface area contributed by atoms with E-state index >= 15 is 0 Å². The summed E-state index contributed by atoms with van der Waals surface area (Å²) >= 11 is 0. The number of aliphatic carboxylic acids is 1. The first-order valence-electron chi connectivity index (χ1n) is 6.03. The third-order valence-corrected chi connectivity index (χ3v) is 2.53. The number of nitrogen functional groups attached to an aromatic ring is 1. The highest BCUT2D eigenvalue weighted by Crippen LogP contribution is 2.17. The molecule has 0 saturated carbocycles. The summed E-state index contributed by atoms with van der Waals surface area (Å²) in [6.45, 7) is -0.420. The smallest absolute Gasteiger partial charge is 0.341 e. The van der Waals surface area contributed by atoms with Crippen LogP contribution >= 0.6 is 0 Å². The van der Waals surface area contributed by atoms with Crippen LogP contribution in [0.15, 0.2) is 42.6 Å². The number of hydrogen-bond acceptors (Lipinski definition) is 5. The second-order valence-electron chi connectivity index (χ2n) is 4.10. The Morgan fingerprint density at radius 2 is 1.95 bits per heavy atom. The third kappa shape index (κ3) is 3.93. The van der Waals surface area contributed by atoms with Crippen LogP contribution in [0.1, 0.15) is 10.5 Å². The summed E-state index contributed by atoms with van der Waals surface area (Å²) in [6.07, 6.45) is 1.48. The number of nitrogens with zero attached hydrogens (tertiary/aromatic N) is 1. The van der Waals surface area contributed by atoms with Crippen LogP contribution in [0.5, 0.6) is 5.75 Å². The molecule has 0 aliphatic carbocycles. The fraction of sp³-hybridized carbons (Fsp3) is 0.0714. The predicted octanol–water partition coefficient (Wildman–Crippen LogP) is 1.38. The highest BCUT2D eigenvalue weighted by Gasteiger charge is 2.10. The Morgan fingerprint density at radius 1 is 1.24 bits per heavy atom. The van der Waals surface area contributed by atoms with Gasteiger partial charge in [-0.2, -0.15) is 0 Å². The highest BCUT2D eigenvalue weighted by atomic mass is 16.5. The van der Waals surface area contributed by atoms with Gasteiger partial charge in [-0.3, -0.25) is 4.79 Å². The molecular weight excluding hydrogens is 274 g/mol. The summed E-state index contributed by atoms with van der Waals surface area (Å²) in [6, 6.07) is 9.52. The molecule has 4 N–H and O–H groups in total. The van der Waals surface area contributed by atoms with Crippen LogP contribution in [0.25, 0.3) is 0 Å². The molecule has 2 aromatic rings. The Balaban J connectivity index is 2.02. The van der Waals surface area contributed by atoms with Gasteiger partial charge in [0.1, 0.15) is 5.75 Å². The molecule has 0 aliphatic heterocycles. The predicted molar refractivity (Wildman–Crippen MR) is 76.2 cm³/mol. The number of carbonyl (C=O) groups is 2. The average molecular weight is 287 g/mol. The zero-order valence-corrected chi connectivity index (χ0v) is 10.9. The summed E-state index contributed by atoms with van der Waals surface area (Å²) in [5, 5.41) is 11.1. The summed E-state index contributed by atoms with van der Waals surface area (Å²) in [5.74, 6) is -1.09. The van der Waals surface area contributed by atoms with Gasteiger partial charge in [-0.25, -0.2) is 9.78 Å². The summed E-state index contributed by atoms with van der Waals surface area (Å²) in [5.41, 5.74) is 6.62. The number of carboxylic acids is 1. The maximum absolute atomic E-state index is 12.0. The molecule has 21 heavy (non-hydrogen) atoms. The molecule has 0 atom stereocenters. The Bertz CT molecular complexity index is 656. The molecule has 0 radical (unpaired) electrons. The SMILES string of the molecule is Nc1cccnc1C(=O)Nc1ccc(OCC(=O)O)cc1. The van der Waals surface area contributed by atoms with Crippen LogP contribution in [-0.2, 0) is 4.79 Å². The lowest BCUT2D eigenvalue weighted by molar-refractivity contribution is -0.139. The fourth-order valence-electron chi connectivity index (χ4n) is 1.58. The molecule has 1 amide bonds. The van der Waals surface area contributed by atoms with Gasteiger partial charge in [0, 0.05) is 11.9 Å². The largest absolute Gasteiger partial charge is 0.482 e. The van der Waals surface area contributed by atoms with Crippen LogP contribution in [0.4, 0.5) is 11.4 Å². The van der Waals surface area contributed by atoms with Gasteiger partial charge in [-0.1, -0.05) is 0 Å². The first-order chi connectivity index (χ1) is 10.1. The molecule has 2 rings (SSSR count). The van der Waals surface area contributed by atoms with Crippen LogP contribution < -0.4 is 15.8 Å². The number of aromatic nitrogens is 1. The van der Waals surface area contributed by atoms with Gasteiger partial charge >= 0.3 is 5.97 Å². The van der Waals surface area contributed by atoms with E-state index in [1.807, 2.05) is 0 Å². The van der Waals surface area contributed by atoms with Crippen LogP contribution in [0.2, 0.25) is 0 Å². The Kier molecular flexibility index (Phi) is 4.35. The van der Waals surface area contributed by atoms with Crippen LogP contribution in [-0.4, -0.2) is 28.6 Å². The van der Waals surface area contributed by atoms with Crippen molar-refractivity contribution in [3.8, 4) is 5.75 Å². The second kappa shape index (κ2) is 6.38. The molecule has 108 valence electrons. The molecule has 0 spiro atoms. The number of pyridine rings is 1. The van der Waals surface area contributed by atoms with Crippen LogP contribution in [0.3, 0.4) is 0 Å². The van der Waals surface area contributed by atoms with E-state index in [4.69, 9.17) is 15.6 Å². The van der Waals surface area contributed by atoms with E-state index in [2.05, 4.69) is 10.3 Å².